The number of fused-ring (bicyclic) bond motifs is 1. The van der Waals surface area contributed by atoms with Gasteiger partial charge in [0, 0.05) is 17.7 Å². The number of H-pyrrole nitrogens is 1. The Morgan fingerprint density at radius 3 is 2.73 bits per heavy atom. The first-order valence-corrected chi connectivity index (χ1v) is 7.71. The van der Waals surface area contributed by atoms with E-state index >= 15 is 0 Å². The largest absolute Gasteiger partial charge is 0.508 e. The number of phenols is 1. The zero-order valence-electron chi connectivity index (χ0n) is 13.8. The molecule has 0 saturated carbocycles. The lowest BCUT2D eigenvalue weighted by Gasteiger charge is -2.09. The van der Waals surface area contributed by atoms with Crippen LogP contribution < -0.4 is 0 Å². The van der Waals surface area contributed by atoms with Crippen LogP contribution >= 0.6 is 0 Å². The molecule has 3 aromatic heterocycles. The molecule has 2 N–H and O–H groups in total. The predicted octanol–water partition coefficient (Wildman–Crippen LogP) is 3.61. The van der Waals surface area contributed by atoms with E-state index in [0.29, 0.717) is 33.7 Å². The summed E-state index contributed by atoms with van der Waals surface area (Å²) in [6, 6.07) is 7.54. The van der Waals surface area contributed by atoms with Crippen molar-refractivity contribution >= 4 is 11.0 Å². The van der Waals surface area contributed by atoms with Crippen LogP contribution in [-0.2, 0) is 0 Å². The molecule has 0 fully saturated rings. The van der Waals surface area contributed by atoms with Crippen molar-refractivity contribution in [2.75, 3.05) is 0 Å². The average molecular weight is 349 g/mol. The number of benzene rings is 1. The van der Waals surface area contributed by atoms with Gasteiger partial charge in [0.15, 0.2) is 5.65 Å². The third-order valence-electron chi connectivity index (χ3n) is 4.16. The summed E-state index contributed by atoms with van der Waals surface area (Å²) in [6.07, 6.45) is 0. The number of hydrogen-bond donors (Lipinski definition) is 2. The molecule has 0 amide bonds. The van der Waals surface area contributed by atoms with E-state index in [1.807, 2.05) is 0 Å². The number of nitrogens with zero attached hydrogens (tertiary/aromatic N) is 4. The Morgan fingerprint density at radius 2 is 2.08 bits per heavy atom. The van der Waals surface area contributed by atoms with Gasteiger partial charge in [-0.25, -0.2) is 9.37 Å². The van der Waals surface area contributed by atoms with E-state index in [0.717, 1.165) is 6.07 Å². The van der Waals surface area contributed by atoms with Crippen LogP contribution in [0, 0.1) is 31.0 Å². The standard InChI is InChI=1S/C18H12FN5O2/c1-8-5-14(24-26-8)17-15-9(2)12(7-20)16(21-18(15)23-22-17)11-4-3-10(25)6-13(11)19/h3-6,25H,1-2H3,(H,21,22,23). The molecule has 7 nitrogen and oxygen atoms in total. The van der Waals surface area contributed by atoms with Crippen molar-refractivity contribution in [2.45, 2.75) is 13.8 Å². The highest BCUT2D eigenvalue weighted by Gasteiger charge is 2.22. The lowest BCUT2D eigenvalue weighted by molar-refractivity contribution is 0.399. The second kappa shape index (κ2) is 5.67. The first-order valence-electron chi connectivity index (χ1n) is 7.71. The van der Waals surface area contributed by atoms with Crippen molar-refractivity contribution in [3.05, 3.63) is 47.0 Å². The van der Waals surface area contributed by atoms with Crippen LogP contribution in [0.15, 0.2) is 28.8 Å². The van der Waals surface area contributed by atoms with Crippen LogP contribution in [0.5, 0.6) is 5.75 Å². The van der Waals surface area contributed by atoms with E-state index in [4.69, 9.17) is 4.52 Å². The summed E-state index contributed by atoms with van der Waals surface area (Å²) in [7, 11) is 0. The van der Waals surface area contributed by atoms with Gasteiger partial charge >= 0.3 is 0 Å². The first kappa shape index (κ1) is 15.8. The van der Waals surface area contributed by atoms with Gasteiger partial charge in [0.1, 0.15) is 29.1 Å². The molecule has 0 unspecified atom stereocenters. The molecule has 8 heteroatoms. The summed E-state index contributed by atoms with van der Waals surface area (Å²) < 4.78 is 19.4. The quantitative estimate of drug-likeness (QED) is 0.572. The fraction of sp³-hybridized carbons (Fsp3) is 0.111. The number of aromatic nitrogens is 4. The molecule has 128 valence electrons. The monoisotopic (exact) mass is 349 g/mol. The van der Waals surface area contributed by atoms with Crippen LogP contribution in [0.3, 0.4) is 0 Å². The summed E-state index contributed by atoms with van der Waals surface area (Å²) in [6.45, 7) is 3.52. The lowest BCUT2D eigenvalue weighted by atomic mass is 9.98. The van der Waals surface area contributed by atoms with Gasteiger partial charge < -0.3 is 9.63 Å². The smallest absolute Gasteiger partial charge is 0.182 e. The number of pyridine rings is 1. The van der Waals surface area contributed by atoms with E-state index in [2.05, 4.69) is 26.4 Å². The molecule has 0 aliphatic carbocycles. The Kier molecular flexibility index (Phi) is 3.44. The van der Waals surface area contributed by atoms with Gasteiger partial charge in [-0.15, -0.1) is 0 Å². The Balaban J connectivity index is 2.02. The second-order valence-electron chi connectivity index (χ2n) is 5.86. The van der Waals surface area contributed by atoms with Gasteiger partial charge in [0.25, 0.3) is 0 Å². The lowest BCUT2D eigenvalue weighted by Crippen LogP contribution is -1.97. The number of aromatic hydroxyl groups is 1. The molecule has 4 rings (SSSR count). The molecular weight excluding hydrogens is 337 g/mol. The molecule has 0 spiro atoms. The molecule has 0 aliphatic heterocycles. The van der Waals surface area contributed by atoms with Crippen molar-refractivity contribution in [1.82, 2.24) is 20.3 Å². The first-order chi connectivity index (χ1) is 12.5. The Hall–Kier alpha value is -3.73. The van der Waals surface area contributed by atoms with E-state index in [1.165, 1.54) is 12.1 Å². The molecular formula is C18H12FN5O2. The SMILES string of the molecule is Cc1cc(-c2[nH]nc3nc(-c4ccc(O)cc4F)c(C#N)c(C)c23)no1. The highest BCUT2D eigenvalue weighted by atomic mass is 19.1. The minimum Gasteiger partial charge on any atom is -0.508 e. The Labute approximate surface area is 146 Å². The molecule has 1 aromatic carbocycles. The highest BCUT2D eigenvalue weighted by Crippen LogP contribution is 2.35. The maximum atomic E-state index is 14.3. The van der Waals surface area contributed by atoms with Crippen LogP contribution in [0.25, 0.3) is 33.7 Å². The normalized spacial score (nSPS) is 11.0. The van der Waals surface area contributed by atoms with Gasteiger partial charge in [-0.2, -0.15) is 10.4 Å². The molecule has 26 heavy (non-hydrogen) atoms. The fourth-order valence-corrected chi connectivity index (χ4v) is 2.93. The molecule has 4 aromatic rings. The summed E-state index contributed by atoms with van der Waals surface area (Å²) >= 11 is 0. The van der Waals surface area contributed by atoms with Crippen molar-refractivity contribution in [3.63, 3.8) is 0 Å². The number of hydrogen-bond acceptors (Lipinski definition) is 6. The van der Waals surface area contributed by atoms with Crippen LogP contribution in [0.4, 0.5) is 4.39 Å². The number of nitrogens with one attached hydrogen (secondary N) is 1. The summed E-state index contributed by atoms with van der Waals surface area (Å²) in [5, 5.41) is 30.7. The zero-order chi connectivity index (χ0) is 18.4. The molecule has 0 atom stereocenters. The van der Waals surface area contributed by atoms with Gasteiger partial charge in [0.05, 0.1) is 22.3 Å². The maximum Gasteiger partial charge on any atom is 0.182 e. The van der Waals surface area contributed by atoms with Gasteiger partial charge in [-0.1, -0.05) is 5.16 Å². The van der Waals surface area contributed by atoms with Crippen molar-refractivity contribution in [2.24, 2.45) is 0 Å². The summed E-state index contributed by atoms with van der Waals surface area (Å²) in [4.78, 5) is 4.38. The second-order valence-corrected chi connectivity index (χ2v) is 5.86. The van der Waals surface area contributed by atoms with Crippen LogP contribution in [0.1, 0.15) is 16.9 Å². The van der Waals surface area contributed by atoms with Crippen molar-refractivity contribution in [3.8, 4) is 34.5 Å². The predicted molar refractivity (Wildman–Crippen MR) is 90.6 cm³/mol. The number of halogens is 1. The number of aromatic amines is 1. The van der Waals surface area contributed by atoms with Crippen LogP contribution in [-0.4, -0.2) is 25.4 Å². The number of nitriles is 1. The Morgan fingerprint density at radius 1 is 1.27 bits per heavy atom. The molecule has 0 radical (unpaired) electrons. The van der Waals surface area contributed by atoms with Gasteiger partial charge in [-0.05, 0) is 31.5 Å². The number of phenolic OH excluding ortho intramolecular Hbond substituents is 1. The number of rotatable bonds is 2. The molecule has 3 heterocycles. The highest BCUT2D eigenvalue weighted by molar-refractivity contribution is 5.96. The Bertz CT molecular complexity index is 1200. The van der Waals surface area contributed by atoms with E-state index in [9.17, 15) is 14.8 Å². The molecule has 0 bridgehead atoms. The minimum absolute atomic E-state index is 0.117. The van der Waals surface area contributed by atoms with Gasteiger partial charge in [0.2, 0.25) is 0 Å². The number of aryl methyl sites for hydroxylation is 2. The average Bonchev–Trinajstić information content (AvgIpc) is 3.21. The van der Waals surface area contributed by atoms with E-state index < -0.39 is 5.82 Å². The maximum absolute atomic E-state index is 14.3. The van der Waals surface area contributed by atoms with Crippen molar-refractivity contribution in [1.29, 1.82) is 5.26 Å². The molecule has 0 saturated heterocycles. The van der Waals surface area contributed by atoms with Gasteiger partial charge in [-0.3, -0.25) is 5.10 Å². The third kappa shape index (κ3) is 2.29. The third-order valence-corrected chi connectivity index (χ3v) is 4.16. The minimum atomic E-state index is -0.671. The fourth-order valence-electron chi connectivity index (χ4n) is 2.93. The summed E-state index contributed by atoms with van der Waals surface area (Å²) in [5.41, 5.74) is 2.57. The zero-order valence-corrected chi connectivity index (χ0v) is 13.8. The van der Waals surface area contributed by atoms with Crippen molar-refractivity contribution < 1.29 is 14.0 Å². The van der Waals surface area contributed by atoms with E-state index in [-0.39, 0.29) is 22.6 Å². The summed E-state index contributed by atoms with van der Waals surface area (Å²) in [5.74, 6) is -0.238. The van der Waals surface area contributed by atoms with E-state index in [1.54, 1.807) is 19.9 Å². The molecule has 0 aliphatic rings. The topological polar surface area (TPSA) is 112 Å². The van der Waals surface area contributed by atoms with Crippen LogP contribution in [0.2, 0.25) is 0 Å².